The summed E-state index contributed by atoms with van der Waals surface area (Å²) in [6, 6.07) is 11.4. The molecule has 2 aromatic rings. The Kier molecular flexibility index (Phi) is 4.29. The summed E-state index contributed by atoms with van der Waals surface area (Å²) in [6.07, 6.45) is 0. The average Bonchev–Trinajstić information content (AvgIpc) is 2.42. The molecule has 0 spiro atoms. The molecule has 0 aliphatic carbocycles. The lowest BCUT2D eigenvalue weighted by molar-refractivity contribution is 0.102. The van der Waals surface area contributed by atoms with Gasteiger partial charge in [0.05, 0.1) is 4.47 Å². The van der Waals surface area contributed by atoms with Crippen LogP contribution in [-0.4, -0.2) is 5.91 Å². The van der Waals surface area contributed by atoms with E-state index < -0.39 is 5.82 Å². The van der Waals surface area contributed by atoms with Crippen molar-refractivity contribution in [3.8, 4) is 0 Å². The van der Waals surface area contributed by atoms with Gasteiger partial charge in [0.15, 0.2) is 0 Å². The zero-order chi connectivity index (χ0) is 13.8. The second-order valence-corrected chi connectivity index (χ2v) is 4.80. The zero-order valence-corrected chi connectivity index (χ0v) is 11.6. The molecule has 0 bridgehead atoms. The Balaban J connectivity index is 2.23. The normalized spacial score (nSPS) is 10.3. The number of rotatable bonds is 3. The number of amides is 1. The van der Waals surface area contributed by atoms with Gasteiger partial charge >= 0.3 is 0 Å². The van der Waals surface area contributed by atoms with Crippen molar-refractivity contribution in [2.75, 3.05) is 5.32 Å². The summed E-state index contributed by atoms with van der Waals surface area (Å²) in [5.41, 5.74) is 7.48. The summed E-state index contributed by atoms with van der Waals surface area (Å²) < 4.78 is 13.4. The molecule has 3 nitrogen and oxygen atoms in total. The summed E-state index contributed by atoms with van der Waals surface area (Å²) in [4.78, 5) is 12.1. The van der Waals surface area contributed by atoms with E-state index in [1.54, 1.807) is 6.07 Å². The van der Waals surface area contributed by atoms with Crippen molar-refractivity contribution in [3.63, 3.8) is 0 Å². The van der Waals surface area contributed by atoms with Crippen LogP contribution in [0.3, 0.4) is 0 Å². The fraction of sp³-hybridized carbons (Fsp3) is 0.0714. The number of hydrogen-bond donors (Lipinski definition) is 2. The lowest BCUT2D eigenvalue weighted by Crippen LogP contribution is -2.14. The molecule has 0 fully saturated rings. The van der Waals surface area contributed by atoms with E-state index in [4.69, 9.17) is 5.73 Å². The molecule has 19 heavy (non-hydrogen) atoms. The molecule has 0 saturated heterocycles. The predicted octanol–water partition coefficient (Wildman–Crippen LogP) is 3.30. The van der Waals surface area contributed by atoms with Gasteiger partial charge < -0.3 is 11.1 Å². The van der Waals surface area contributed by atoms with Crippen LogP contribution in [-0.2, 0) is 6.54 Å². The molecule has 0 radical (unpaired) electrons. The van der Waals surface area contributed by atoms with Crippen LogP contribution in [0.15, 0.2) is 46.9 Å². The van der Waals surface area contributed by atoms with Crippen LogP contribution in [0, 0.1) is 5.82 Å². The van der Waals surface area contributed by atoms with Crippen molar-refractivity contribution in [1.29, 1.82) is 0 Å². The number of hydrogen-bond acceptors (Lipinski definition) is 2. The SMILES string of the molecule is NCc1ccccc1NC(=O)c1ccc(F)c(Br)c1. The van der Waals surface area contributed by atoms with Gasteiger partial charge in [-0.05, 0) is 45.8 Å². The topological polar surface area (TPSA) is 55.1 Å². The molecule has 0 saturated carbocycles. The second-order valence-electron chi connectivity index (χ2n) is 3.94. The Bertz CT molecular complexity index is 616. The molecule has 0 aromatic heterocycles. The molecule has 0 unspecified atom stereocenters. The van der Waals surface area contributed by atoms with Gasteiger partial charge in [-0.3, -0.25) is 4.79 Å². The van der Waals surface area contributed by atoms with E-state index >= 15 is 0 Å². The van der Waals surface area contributed by atoms with Crippen LogP contribution in [0.25, 0.3) is 0 Å². The molecule has 1 amide bonds. The minimum Gasteiger partial charge on any atom is -0.326 e. The predicted molar refractivity (Wildman–Crippen MR) is 76.4 cm³/mol. The number of benzene rings is 2. The Morgan fingerprint density at radius 1 is 1.26 bits per heavy atom. The quantitative estimate of drug-likeness (QED) is 0.911. The lowest BCUT2D eigenvalue weighted by Gasteiger charge is -2.09. The molecule has 5 heteroatoms. The van der Waals surface area contributed by atoms with E-state index in [1.165, 1.54) is 18.2 Å². The smallest absolute Gasteiger partial charge is 0.255 e. The first-order valence-corrected chi connectivity index (χ1v) is 6.45. The molecule has 0 aliphatic rings. The number of anilines is 1. The van der Waals surface area contributed by atoms with Crippen molar-refractivity contribution in [3.05, 3.63) is 63.9 Å². The fourth-order valence-electron chi connectivity index (χ4n) is 1.65. The fourth-order valence-corrected chi connectivity index (χ4v) is 2.03. The maximum absolute atomic E-state index is 13.1. The zero-order valence-electron chi connectivity index (χ0n) is 9.99. The standard InChI is InChI=1S/C14H12BrFN2O/c15-11-7-9(5-6-12(11)16)14(19)18-13-4-2-1-3-10(13)8-17/h1-7H,8,17H2,(H,18,19). The summed E-state index contributed by atoms with van der Waals surface area (Å²) in [6.45, 7) is 0.337. The van der Waals surface area contributed by atoms with Crippen molar-refractivity contribution in [2.45, 2.75) is 6.54 Å². The maximum atomic E-state index is 13.1. The van der Waals surface area contributed by atoms with E-state index in [9.17, 15) is 9.18 Å². The van der Waals surface area contributed by atoms with Crippen LogP contribution in [0.5, 0.6) is 0 Å². The molecule has 98 valence electrons. The van der Waals surface area contributed by atoms with Gasteiger partial charge in [0, 0.05) is 17.8 Å². The van der Waals surface area contributed by atoms with Gasteiger partial charge in [-0.2, -0.15) is 0 Å². The molecule has 0 aliphatic heterocycles. The van der Waals surface area contributed by atoms with Gasteiger partial charge in [-0.15, -0.1) is 0 Å². The Morgan fingerprint density at radius 2 is 2.00 bits per heavy atom. The molecule has 2 rings (SSSR count). The van der Waals surface area contributed by atoms with Crippen molar-refractivity contribution >= 4 is 27.5 Å². The van der Waals surface area contributed by atoms with Crippen LogP contribution < -0.4 is 11.1 Å². The first-order chi connectivity index (χ1) is 9.11. The minimum absolute atomic E-state index is 0.257. The third-order valence-electron chi connectivity index (χ3n) is 2.67. The molecule has 3 N–H and O–H groups in total. The van der Waals surface area contributed by atoms with E-state index in [-0.39, 0.29) is 10.4 Å². The third kappa shape index (κ3) is 3.19. The Morgan fingerprint density at radius 3 is 2.68 bits per heavy atom. The van der Waals surface area contributed by atoms with Gasteiger partial charge in [-0.1, -0.05) is 18.2 Å². The van der Waals surface area contributed by atoms with Gasteiger partial charge in [0.2, 0.25) is 0 Å². The summed E-state index contributed by atoms with van der Waals surface area (Å²) in [7, 11) is 0. The molecule has 2 aromatic carbocycles. The number of nitrogens with one attached hydrogen (secondary N) is 1. The maximum Gasteiger partial charge on any atom is 0.255 e. The van der Waals surface area contributed by atoms with E-state index in [0.717, 1.165) is 5.56 Å². The first-order valence-electron chi connectivity index (χ1n) is 5.66. The summed E-state index contributed by atoms with van der Waals surface area (Å²) in [5, 5.41) is 2.76. The Hall–Kier alpha value is -1.72. The van der Waals surface area contributed by atoms with E-state index in [1.807, 2.05) is 18.2 Å². The van der Waals surface area contributed by atoms with Crippen molar-refractivity contribution < 1.29 is 9.18 Å². The number of carbonyl (C=O) groups is 1. The number of nitrogens with two attached hydrogens (primary N) is 1. The van der Waals surface area contributed by atoms with Gasteiger partial charge in [0.1, 0.15) is 5.82 Å². The minimum atomic E-state index is -0.404. The van der Waals surface area contributed by atoms with Crippen LogP contribution in [0.4, 0.5) is 10.1 Å². The lowest BCUT2D eigenvalue weighted by atomic mass is 10.1. The monoisotopic (exact) mass is 322 g/mol. The first kappa shape index (κ1) is 13.7. The Labute approximate surface area is 118 Å². The number of para-hydroxylation sites is 1. The highest BCUT2D eigenvalue weighted by Gasteiger charge is 2.10. The molecule has 0 heterocycles. The van der Waals surface area contributed by atoms with Crippen LogP contribution in [0.1, 0.15) is 15.9 Å². The van der Waals surface area contributed by atoms with Crippen LogP contribution in [0.2, 0.25) is 0 Å². The highest BCUT2D eigenvalue weighted by atomic mass is 79.9. The third-order valence-corrected chi connectivity index (χ3v) is 3.27. The summed E-state index contributed by atoms with van der Waals surface area (Å²) in [5.74, 6) is -0.708. The molecular formula is C14H12BrFN2O. The second kappa shape index (κ2) is 5.95. The van der Waals surface area contributed by atoms with E-state index in [2.05, 4.69) is 21.2 Å². The number of halogens is 2. The van der Waals surface area contributed by atoms with Crippen molar-refractivity contribution in [1.82, 2.24) is 0 Å². The highest BCUT2D eigenvalue weighted by molar-refractivity contribution is 9.10. The van der Waals surface area contributed by atoms with Crippen molar-refractivity contribution in [2.24, 2.45) is 5.73 Å². The van der Waals surface area contributed by atoms with E-state index in [0.29, 0.717) is 17.8 Å². The van der Waals surface area contributed by atoms with Crippen LogP contribution >= 0.6 is 15.9 Å². The summed E-state index contributed by atoms with van der Waals surface area (Å²) >= 11 is 3.05. The number of carbonyl (C=O) groups excluding carboxylic acids is 1. The average molecular weight is 323 g/mol. The largest absolute Gasteiger partial charge is 0.326 e. The highest BCUT2D eigenvalue weighted by Crippen LogP contribution is 2.19. The van der Waals surface area contributed by atoms with Gasteiger partial charge in [-0.25, -0.2) is 4.39 Å². The molecule has 0 atom stereocenters. The van der Waals surface area contributed by atoms with Gasteiger partial charge in [0.25, 0.3) is 5.91 Å². The molecular weight excluding hydrogens is 311 g/mol.